The Bertz CT molecular complexity index is 484. The second-order valence-corrected chi connectivity index (χ2v) is 6.47. The van der Waals surface area contributed by atoms with E-state index in [1.54, 1.807) is 0 Å². The van der Waals surface area contributed by atoms with Crippen LogP contribution in [0.1, 0.15) is 65.2 Å². The summed E-state index contributed by atoms with van der Waals surface area (Å²) in [5, 5.41) is 18.5. The molecule has 0 spiro atoms. The van der Waals surface area contributed by atoms with Gasteiger partial charge in [-0.2, -0.15) is 0 Å². The molecule has 0 aliphatic rings. The lowest BCUT2D eigenvalue weighted by molar-refractivity contribution is -0.136. The molecule has 0 heterocycles. The summed E-state index contributed by atoms with van der Waals surface area (Å²) >= 11 is 0. The van der Waals surface area contributed by atoms with E-state index >= 15 is 0 Å². The van der Waals surface area contributed by atoms with Crippen molar-refractivity contribution in [3.8, 4) is 0 Å². The molecule has 0 rings (SSSR count). The van der Waals surface area contributed by atoms with Gasteiger partial charge in [-0.3, -0.25) is 4.79 Å². The number of carbonyl (C=O) groups is 1. The van der Waals surface area contributed by atoms with E-state index in [1.807, 2.05) is 36.5 Å². The molecule has 0 aliphatic heterocycles. The van der Waals surface area contributed by atoms with Gasteiger partial charge in [-0.1, -0.05) is 93.9 Å². The number of hydrogen-bond donors (Lipinski definition) is 2. The molecule has 0 saturated carbocycles. The SMILES string of the molecule is CCCCCC(O)C(C)/C=C/C=C\C=C/C/C=C\C/C=C\CCC(=O)O. The van der Waals surface area contributed by atoms with E-state index < -0.39 is 5.97 Å². The third-order valence-corrected chi connectivity index (χ3v) is 4.00. The number of rotatable bonds is 15. The molecule has 0 bridgehead atoms. The van der Waals surface area contributed by atoms with Gasteiger partial charge in [0.1, 0.15) is 0 Å². The number of hydrogen-bond acceptors (Lipinski definition) is 2. The third-order valence-electron chi connectivity index (χ3n) is 4.00. The maximum absolute atomic E-state index is 10.3. The third kappa shape index (κ3) is 17.0. The molecule has 3 nitrogen and oxygen atoms in total. The summed E-state index contributed by atoms with van der Waals surface area (Å²) in [4.78, 5) is 10.3. The lowest BCUT2D eigenvalue weighted by Gasteiger charge is -2.14. The van der Waals surface area contributed by atoms with Crippen LogP contribution >= 0.6 is 0 Å². The highest BCUT2D eigenvalue weighted by atomic mass is 16.4. The van der Waals surface area contributed by atoms with Crippen LogP contribution in [0.15, 0.2) is 60.8 Å². The van der Waals surface area contributed by atoms with Crippen molar-refractivity contribution in [1.82, 2.24) is 0 Å². The predicted molar refractivity (Wildman–Crippen MR) is 111 cm³/mol. The molecule has 146 valence electrons. The maximum Gasteiger partial charge on any atom is 0.303 e. The molecule has 0 amide bonds. The molecule has 0 aliphatic carbocycles. The van der Waals surface area contributed by atoms with Gasteiger partial charge in [-0.25, -0.2) is 0 Å². The van der Waals surface area contributed by atoms with Crippen LogP contribution in [-0.4, -0.2) is 22.3 Å². The smallest absolute Gasteiger partial charge is 0.303 e. The fourth-order valence-corrected chi connectivity index (χ4v) is 2.29. The fraction of sp³-hybridized carbons (Fsp3) is 0.522. The highest BCUT2D eigenvalue weighted by Gasteiger charge is 2.09. The second kappa shape index (κ2) is 17.9. The molecule has 2 N–H and O–H groups in total. The van der Waals surface area contributed by atoms with Crippen LogP contribution in [0, 0.1) is 5.92 Å². The quantitative estimate of drug-likeness (QED) is 0.214. The first-order valence-corrected chi connectivity index (χ1v) is 9.77. The van der Waals surface area contributed by atoms with Gasteiger partial charge in [0.05, 0.1) is 6.10 Å². The lowest BCUT2D eigenvalue weighted by atomic mass is 9.98. The number of aliphatic carboxylic acids is 1. The highest BCUT2D eigenvalue weighted by Crippen LogP contribution is 2.12. The van der Waals surface area contributed by atoms with E-state index in [2.05, 4.69) is 38.2 Å². The largest absolute Gasteiger partial charge is 0.481 e. The van der Waals surface area contributed by atoms with Crippen LogP contribution in [0.2, 0.25) is 0 Å². The van der Waals surface area contributed by atoms with Gasteiger partial charge >= 0.3 is 5.97 Å². The zero-order chi connectivity index (χ0) is 19.5. The summed E-state index contributed by atoms with van der Waals surface area (Å²) in [6.07, 6.45) is 26.8. The summed E-state index contributed by atoms with van der Waals surface area (Å²) < 4.78 is 0. The Labute approximate surface area is 159 Å². The van der Waals surface area contributed by atoms with Gasteiger partial charge in [0.25, 0.3) is 0 Å². The first-order chi connectivity index (χ1) is 12.6. The van der Waals surface area contributed by atoms with Crippen LogP contribution in [0.3, 0.4) is 0 Å². The monoisotopic (exact) mass is 360 g/mol. The van der Waals surface area contributed by atoms with Gasteiger partial charge in [-0.15, -0.1) is 0 Å². The minimum atomic E-state index is -0.754. The first kappa shape index (κ1) is 24.1. The number of allylic oxidation sites excluding steroid dienone is 9. The first-order valence-electron chi connectivity index (χ1n) is 9.77. The number of carboxylic acid groups (broad SMARTS) is 1. The second-order valence-electron chi connectivity index (χ2n) is 6.47. The van der Waals surface area contributed by atoms with Gasteiger partial charge in [0.2, 0.25) is 0 Å². The van der Waals surface area contributed by atoms with Crippen LogP contribution < -0.4 is 0 Å². The predicted octanol–water partition coefficient (Wildman–Crippen LogP) is 5.99. The molecule has 2 unspecified atom stereocenters. The zero-order valence-corrected chi connectivity index (χ0v) is 16.4. The van der Waals surface area contributed by atoms with Crippen molar-refractivity contribution in [3.63, 3.8) is 0 Å². The maximum atomic E-state index is 10.3. The van der Waals surface area contributed by atoms with E-state index in [9.17, 15) is 9.90 Å². The van der Waals surface area contributed by atoms with Crippen molar-refractivity contribution in [1.29, 1.82) is 0 Å². The summed E-state index contributed by atoms with van der Waals surface area (Å²) in [6.45, 7) is 4.23. The van der Waals surface area contributed by atoms with Gasteiger partial charge in [0.15, 0.2) is 0 Å². The normalized spacial score (nSPS) is 15.2. The van der Waals surface area contributed by atoms with Crippen molar-refractivity contribution in [3.05, 3.63) is 60.8 Å². The number of aliphatic hydroxyl groups excluding tert-OH is 1. The van der Waals surface area contributed by atoms with E-state index in [4.69, 9.17) is 5.11 Å². The molecular weight excluding hydrogens is 324 g/mol. The van der Waals surface area contributed by atoms with Gasteiger partial charge in [0, 0.05) is 12.3 Å². The summed E-state index contributed by atoms with van der Waals surface area (Å²) in [5.74, 6) is -0.567. The molecule has 26 heavy (non-hydrogen) atoms. The van der Waals surface area contributed by atoms with E-state index in [0.29, 0.717) is 6.42 Å². The minimum absolute atomic E-state index is 0.187. The Kier molecular flexibility index (Phi) is 16.6. The molecular formula is C23H36O3. The van der Waals surface area contributed by atoms with Crippen LogP contribution in [0.4, 0.5) is 0 Å². The summed E-state index contributed by atoms with van der Waals surface area (Å²) in [6, 6.07) is 0. The number of carboxylic acids is 1. The Hall–Kier alpha value is -1.87. The molecule has 2 atom stereocenters. The topological polar surface area (TPSA) is 57.5 Å². The average Bonchev–Trinajstić information content (AvgIpc) is 2.61. The molecule has 0 aromatic rings. The van der Waals surface area contributed by atoms with Crippen LogP contribution in [0.25, 0.3) is 0 Å². The molecule has 3 heteroatoms. The highest BCUT2D eigenvalue weighted by molar-refractivity contribution is 5.66. The Morgan fingerprint density at radius 1 is 0.923 bits per heavy atom. The Morgan fingerprint density at radius 3 is 2.27 bits per heavy atom. The molecule has 0 aromatic carbocycles. The summed E-state index contributed by atoms with van der Waals surface area (Å²) in [5.41, 5.74) is 0. The van der Waals surface area contributed by atoms with Crippen LogP contribution in [-0.2, 0) is 4.79 Å². The van der Waals surface area contributed by atoms with Crippen molar-refractivity contribution in [2.24, 2.45) is 5.92 Å². The minimum Gasteiger partial charge on any atom is -0.481 e. The standard InChI is InChI=1S/C23H36O3/c1-3-4-15-19-22(24)21(2)18-16-13-11-9-7-5-6-8-10-12-14-17-20-23(25)26/h6-9,11-14,16,18,21-22,24H,3-5,10,15,17,19-20H2,1-2H3,(H,25,26)/b8-6-,9-7-,13-11-,14-12-,18-16+. The van der Waals surface area contributed by atoms with Crippen LogP contribution in [0.5, 0.6) is 0 Å². The van der Waals surface area contributed by atoms with Gasteiger partial charge < -0.3 is 10.2 Å². The molecule has 0 saturated heterocycles. The number of unbranched alkanes of at least 4 members (excludes halogenated alkanes) is 2. The van der Waals surface area contributed by atoms with Crippen molar-refractivity contribution in [2.45, 2.75) is 71.3 Å². The van der Waals surface area contributed by atoms with Gasteiger partial charge in [-0.05, 0) is 25.7 Å². The fourth-order valence-electron chi connectivity index (χ4n) is 2.29. The average molecular weight is 361 g/mol. The Morgan fingerprint density at radius 2 is 1.58 bits per heavy atom. The van der Waals surface area contributed by atoms with Crippen molar-refractivity contribution in [2.75, 3.05) is 0 Å². The number of aliphatic hydroxyl groups is 1. The molecule has 0 fully saturated rings. The Balaban J connectivity index is 3.80. The van der Waals surface area contributed by atoms with E-state index in [1.165, 1.54) is 12.8 Å². The molecule has 0 aromatic heterocycles. The zero-order valence-electron chi connectivity index (χ0n) is 16.4. The van der Waals surface area contributed by atoms with Crippen molar-refractivity contribution >= 4 is 5.97 Å². The van der Waals surface area contributed by atoms with E-state index in [-0.39, 0.29) is 18.4 Å². The lowest BCUT2D eigenvalue weighted by Crippen LogP contribution is -2.15. The molecule has 0 radical (unpaired) electrons. The van der Waals surface area contributed by atoms with Crippen molar-refractivity contribution < 1.29 is 15.0 Å². The summed E-state index contributed by atoms with van der Waals surface area (Å²) in [7, 11) is 0. The van der Waals surface area contributed by atoms with E-state index in [0.717, 1.165) is 25.7 Å².